The van der Waals surface area contributed by atoms with Crippen molar-refractivity contribution in [3.8, 4) is 11.4 Å². The summed E-state index contributed by atoms with van der Waals surface area (Å²) >= 11 is 0. The molecule has 2 heterocycles. The highest BCUT2D eigenvalue weighted by Crippen LogP contribution is 2.41. The number of hydrogen-bond acceptors (Lipinski definition) is 5. The third-order valence-electron chi connectivity index (χ3n) is 4.12. The fourth-order valence-electron chi connectivity index (χ4n) is 2.82. The smallest absolute Gasteiger partial charge is 0.209 e. The number of nitrogens with one attached hydrogen (secondary N) is 1. The van der Waals surface area contributed by atoms with Gasteiger partial charge in [-0.15, -0.1) is 0 Å². The zero-order valence-electron chi connectivity index (χ0n) is 13.8. The van der Waals surface area contributed by atoms with E-state index < -0.39 is 21.7 Å². The molecule has 7 nitrogen and oxygen atoms in total. The Morgan fingerprint density at radius 2 is 1.96 bits per heavy atom. The van der Waals surface area contributed by atoms with Gasteiger partial charge >= 0.3 is 0 Å². The van der Waals surface area contributed by atoms with Gasteiger partial charge in [0.2, 0.25) is 10.0 Å². The summed E-state index contributed by atoms with van der Waals surface area (Å²) in [5, 5.41) is 7.81. The summed E-state index contributed by atoms with van der Waals surface area (Å²) in [7, 11) is -3.36. The molecule has 0 aliphatic heterocycles. The van der Waals surface area contributed by atoms with Crippen LogP contribution in [0.4, 0.5) is 8.78 Å². The third-order valence-corrected chi connectivity index (χ3v) is 4.79. The molecule has 0 spiro atoms. The van der Waals surface area contributed by atoms with Gasteiger partial charge in [0.15, 0.2) is 11.6 Å². The van der Waals surface area contributed by atoms with E-state index in [9.17, 15) is 17.2 Å². The van der Waals surface area contributed by atoms with Gasteiger partial charge in [-0.25, -0.2) is 26.9 Å². The van der Waals surface area contributed by atoms with Gasteiger partial charge in [-0.05, 0) is 18.9 Å². The molecule has 0 bridgehead atoms. The van der Waals surface area contributed by atoms with Crippen LogP contribution in [0.25, 0.3) is 22.4 Å². The van der Waals surface area contributed by atoms with Crippen molar-refractivity contribution in [1.29, 1.82) is 0 Å². The minimum atomic E-state index is -3.36. The number of benzene rings is 1. The lowest BCUT2D eigenvalue weighted by Gasteiger charge is -2.08. The zero-order valence-corrected chi connectivity index (χ0v) is 14.6. The number of sulfonamides is 1. The maximum atomic E-state index is 13.7. The Labute approximate surface area is 148 Å². The summed E-state index contributed by atoms with van der Waals surface area (Å²) < 4.78 is 54.0. The lowest BCUT2D eigenvalue weighted by Crippen LogP contribution is -2.22. The first-order valence-corrected chi connectivity index (χ1v) is 9.84. The predicted molar refractivity (Wildman–Crippen MR) is 90.6 cm³/mol. The van der Waals surface area contributed by atoms with Gasteiger partial charge in [0.25, 0.3) is 0 Å². The summed E-state index contributed by atoms with van der Waals surface area (Å²) in [6, 6.07) is 4.07. The molecule has 136 valence electrons. The first-order chi connectivity index (χ1) is 12.3. The largest absolute Gasteiger partial charge is 0.321 e. The van der Waals surface area contributed by atoms with Crippen LogP contribution >= 0.6 is 0 Å². The lowest BCUT2D eigenvalue weighted by molar-refractivity contribution is 0.510. The van der Waals surface area contributed by atoms with E-state index in [1.165, 1.54) is 6.20 Å². The Morgan fingerprint density at radius 1 is 1.23 bits per heavy atom. The predicted octanol–water partition coefficient (Wildman–Crippen LogP) is 2.16. The molecule has 1 saturated carbocycles. The van der Waals surface area contributed by atoms with Gasteiger partial charge in [0.05, 0.1) is 35.7 Å². The van der Waals surface area contributed by atoms with Gasteiger partial charge in [-0.2, -0.15) is 10.2 Å². The highest BCUT2D eigenvalue weighted by molar-refractivity contribution is 7.88. The van der Waals surface area contributed by atoms with E-state index in [4.69, 9.17) is 0 Å². The van der Waals surface area contributed by atoms with E-state index >= 15 is 0 Å². The Morgan fingerprint density at radius 3 is 2.65 bits per heavy atom. The monoisotopic (exact) mass is 379 g/mol. The van der Waals surface area contributed by atoms with Crippen molar-refractivity contribution in [2.45, 2.75) is 25.4 Å². The SMILES string of the molecule is CS(=O)(=O)NCc1cc(-c2nc3cc(F)c(F)cc3n2C2CC2)cnn1. The van der Waals surface area contributed by atoms with Crippen molar-refractivity contribution < 1.29 is 17.2 Å². The summed E-state index contributed by atoms with van der Waals surface area (Å²) in [4.78, 5) is 4.45. The second-order valence-corrected chi connectivity index (χ2v) is 8.15. The molecular weight excluding hydrogens is 364 g/mol. The maximum Gasteiger partial charge on any atom is 0.209 e. The van der Waals surface area contributed by atoms with Crippen molar-refractivity contribution in [2.24, 2.45) is 0 Å². The van der Waals surface area contributed by atoms with Crippen LogP contribution in [0, 0.1) is 11.6 Å². The molecule has 0 atom stereocenters. The van der Waals surface area contributed by atoms with E-state index in [1.54, 1.807) is 6.07 Å². The molecule has 10 heteroatoms. The molecule has 0 amide bonds. The Hall–Kier alpha value is -2.46. The van der Waals surface area contributed by atoms with E-state index in [1.807, 2.05) is 4.57 Å². The molecule has 1 N–H and O–H groups in total. The molecule has 1 aliphatic rings. The van der Waals surface area contributed by atoms with Crippen LogP contribution < -0.4 is 4.72 Å². The third kappa shape index (κ3) is 3.29. The van der Waals surface area contributed by atoms with Crippen LogP contribution in [0.3, 0.4) is 0 Å². The van der Waals surface area contributed by atoms with E-state index in [0.717, 1.165) is 31.2 Å². The molecule has 4 rings (SSSR count). The molecule has 1 aromatic carbocycles. The van der Waals surface area contributed by atoms with E-state index in [2.05, 4.69) is 19.9 Å². The van der Waals surface area contributed by atoms with Crippen molar-refractivity contribution in [2.75, 3.05) is 6.26 Å². The molecule has 0 radical (unpaired) electrons. The number of fused-ring (bicyclic) bond motifs is 1. The van der Waals surface area contributed by atoms with Crippen LogP contribution in [-0.4, -0.2) is 34.4 Å². The van der Waals surface area contributed by atoms with Crippen LogP contribution in [-0.2, 0) is 16.6 Å². The average molecular weight is 379 g/mol. The van der Waals surface area contributed by atoms with E-state index in [-0.39, 0.29) is 12.6 Å². The number of rotatable bonds is 5. The van der Waals surface area contributed by atoms with E-state index in [0.29, 0.717) is 28.1 Å². The van der Waals surface area contributed by atoms with Crippen molar-refractivity contribution in [1.82, 2.24) is 24.5 Å². The van der Waals surface area contributed by atoms with Gasteiger partial charge in [0.1, 0.15) is 5.82 Å². The van der Waals surface area contributed by atoms with Crippen molar-refractivity contribution in [3.63, 3.8) is 0 Å². The summed E-state index contributed by atoms with van der Waals surface area (Å²) in [5.74, 6) is -1.34. The van der Waals surface area contributed by atoms with Crippen LogP contribution in [0.1, 0.15) is 24.6 Å². The molecule has 2 aromatic heterocycles. The molecule has 0 unspecified atom stereocenters. The number of hydrogen-bond donors (Lipinski definition) is 1. The van der Waals surface area contributed by atoms with Crippen LogP contribution in [0.5, 0.6) is 0 Å². The van der Waals surface area contributed by atoms with Crippen LogP contribution in [0.15, 0.2) is 24.4 Å². The maximum absolute atomic E-state index is 13.7. The number of nitrogens with zero attached hydrogens (tertiary/aromatic N) is 4. The molecule has 0 saturated heterocycles. The topological polar surface area (TPSA) is 89.8 Å². The van der Waals surface area contributed by atoms with Crippen molar-refractivity contribution in [3.05, 3.63) is 41.7 Å². The molecule has 1 aliphatic carbocycles. The normalized spacial score (nSPS) is 14.9. The minimum Gasteiger partial charge on any atom is -0.321 e. The van der Waals surface area contributed by atoms with Gasteiger partial charge < -0.3 is 4.57 Å². The number of imidazole rings is 1. The summed E-state index contributed by atoms with van der Waals surface area (Å²) in [5.41, 5.74) is 1.90. The molecule has 26 heavy (non-hydrogen) atoms. The first-order valence-electron chi connectivity index (χ1n) is 7.95. The fourth-order valence-corrected chi connectivity index (χ4v) is 3.23. The highest BCUT2D eigenvalue weighted by Gasteiger charge is 2.29. The fraction of sp³-hybridized carbons (Fsp3) is 0.312. The second-order valence-electron chi connectivity index (χ2n) is 6.32. The van der Waals surface area contributed by atoms with Gasteiger partial charge in [-0.3, -0.25) is 0 Å². The number of halogens is 2. The average Bonchev–Trinajstić information content (AvgIpc) is 3.35. The van der Waals surface area contributed by atoms with Crippen molar-refractivity contribution >= 4 is 21.1 Å². The number of aromatic nitrogens is 4. The minimum absolute atomic E-state index is 0.00735. The molecule has 1 fully saturated rings. The van der Waals surface area contributed by atoms with Crippen LogP contribution in [0.2, 0.25) is 0 Å². The quantitative estimate of drug-likeness (QED) is 0.734. The highest BCUT2D eigenvalue weighted by atomic mass is 32.2. The second kappa shape index (κ2) is 6.06. The Bertz CT molecular complexity index is 1110. The van der Waals surface area contributed by atoms with Gasteiger partial charge in [0, 0.05) is 23.7 Å². The summed E-state index contributed by atoms with van der Waals surface area (Å²) in [6.07, 6.45) is 4.41. The molecule has 3 aromatic rings. The first kappa shape index (κ1) is 17.0. The van der Waals surface area contributed by atoms with Gasteiger partial charge in [-0.1, -0.05) is 0 Å². The Balaban J connectivity index is 1.80. The lowest BCUT2D eigenvalue weighted by atomic mass is 10.2. The zero-order chi connectivity index (χ0) is 18.5. The summed E-state index contributed by atoms with van der Waals surface area (Å²) in [6.45, 7) is -0.00735. The standard InChI is InChI=1S/C16H15F2N5O2S/c1-26(24,25)20-8-10-4-9(7-19-22-10)16-21-14-5-12(17)13(18)6-15(14)23(16)11-2-3-11/h4-7,11,20H,2-3,8H2,1H3. The Kier molecular flexibility index (Phi) is 3.96. The molecular formula is C16H15F2N5O2S.